The van der Waals surface area contributed by atoms with E-state index in [4.69, 9.17) is 11.5 Å². The van der Waals surface area contributed by atoms with E-state index in [1.807, 2.05) is 13.0 Å². The van der Waals surface area contributed by atoms with Gasteiger partial charge < -0.3 is 11.5 Å². The van der Waals surface area contributed by atoms with Crippen molar-refractivity contribution >= 4 is 0 Å². The molecule has 0 unspecified atom stereocenters. The van der Waals surface area contributed by atoms with Crippen LogP contribution in [0.25, 0.3) is 0 Å². The molecule has 2 nitrogen and oxygen atoms in total. The van der Waals surface area contributed by atoms with Gasteiger partial charge in [-0.2, -0.15) is 0 Å². The Hall–Kier alpha value is -0.920. The van der Waals surface area contributed by atoms with E-state index in [2.05, 4.69) is 0 Å². The monoisotopic (exact) mass is 112 g/mol. The van der Waals surface area contributed by atoms with Gasteiger partial charge in [0.15, 0.2) is 0 Å². The molecule has 0 aromatic rings. The maximum Gasteiger partial charge on any atom is 0.0498 e. The molecule has 0 atom stereocenters. The van der Waals surface area contributed by atoms with E-state index in [1.54, 1.807) is 13.0 Å². The fraction of sp³-hybridized carbons (Fsp3) is 0.333. The predicted molar refractivity (Wildman–Crippen MR) is 35.9 cm³/mol. The van der Waals surface area contributed by atoms with Gasteiger partial charge in [-0.3, -0.25) is 0 Å². The Morgan fingerprint density at radius 1 is 1.38 bits per heavy atom. The maximum absolute atomic E-state index is 5.39. The second-order valence-corrected chi connectivity index (χ2v) is 1.64. The van der Waals surface area contributed by atoms with Crippen LogP contribution in [0.2, 0.25) is 0 Å². The fourth-order valence-corrected chi connectivity index (χ4v) is 0.311. The van der Waals surface area contributed by atoms with Crippen LogP contribution in [0.4, 0.5) is 0 Å². The van der Waals surface area contributed by atoms with Gasteiger partial charge in [0.05, 0.1) is 0 Å². The molecule has 46 valence electrons. The van der Waals surface area contributed by atoms with Crippen LogP contribution in [0.5, 0.6) is 0 Å². The van der Waals surface area contributed by atoms with Crippen LogP contribution in [0.15, 0.2) is 23.5 Å². The van der Waals surface area contributed by atoms with E-state index in [9.17, 15) is 0 Å². The van der Waals surface area contributed by atoms with E-state index in [0.29, 0.717) is 11.4 Å². The molecule has 0 aromatic heterocycles. The van der Waals surface area contributed by atoms with Crippen LogP contribution in [0.3, 0.4) is 0 Å². The molecule has 0 fully saturated rings. The minimum atomic E-state index is 0.646. The molecule has 0 saturated carbocycles. The number of hydrogen-bond acceptors (Lipinski definition) is 2. The van der Waals surface area contributed by atoms with Crippen molar-refractivity contribution in [2.75, 3.05) is 0 Å². The lowest BCUT2D eigenvalue weighted by atomic mass is 10.3. The van der Waals surface area contributed by atoms with Crippen LogP contribution >= 0.6 is 0 Å². The smallest absolute Gasteiger partial charge is 0.0498 e. The molecule has 0 amide bonds. The summed E-state index contributed by atoms with van der Waals surface area (Å²) in [6.07, 6.45) is 3.63. The normalized spacial score (nSPS) is 14.2. The molecule has 0 heterocycles. The lowest BCUT2D eigenvalue weighted by molar-refractivity contribution is 1.21. The summed E-state index contributed by atoms with van der Waals surface area (Å²) in [7, 11) is 0. The third kappa shape index (κ3) is 2.29. The standard InChI is InChI=1S/C6H12N2/c1-3-4-6(8)5(2)7/h3-4H,7-8H2,1-2H3/b4-3+,6-5-. The first-order valence-corrected chi connectivity index (χ1v) is 2.53. The summed E-state index contributed by atoms with van der Waals surface area (Å²) >= 11 is 0. The van der Waals surface area contributed by atoms with Gasteiger partial charge in [-0.1, -0.05) is 6.08 Å². The molecule has 0 aliphatic rings. The largest absolute Gasteiger partial charge is 0.401 e. The van der Waals surface area contributed by atoms with Crippen LogP contribution in [0.1, 0.15) is 13.8 Å². The summed E-state index contributed by atoms with van der Waals surface area (Å²) in [6.45, 7) is 3.67. The van der Waals surface area contributed by atoms with Gasteiger partial charge in [-0.25, -0.2) is 0 Å². The molecule has 0 aromatic carbocycles. The SMILES string of the molecule is C/C=C/C(N)=C(\C)N. The van der Waals surface area contributed by atoms with Gasteiger partial charge >= 0.3 is 0 Å². The first kappa shape index (κ1) is 7.08. The third-order valence-corrected chi connectivity index (χ3v) is 0.802. The molecular weight excluding hydrogens is 100 g/mol. The van der Waals surface area contributed by atoms with E-state index < -0.39 is 0 Å². The molecule has 0 aliphatic carbocycles. The van der Waals surface area contributed by atoms with Crippen LogP contribution < -0.4 is 11.5 Å². The lowest BCUT2D eigenvalue weighted by Crippen LogP contribution is -2.03. The van der Waals surface area contributed by atoms with Crippen molar-refractivity contribution in [2.24, 2.45) is 11.5 Å². The Bertz CT molecular complexity index is 118. The molecule has 0 spiro atoms. The molecule has 4 N–H and O–H groups in total. The second-order valence-electron chi connectivity index (χ2n) is 1.64. The average molecular weight is 112 g/mol. The van der Waals surface area contributed by atoms with Crippen LogP contribution in [-0.2, 0) is 0 Å². The summed E-state index contributed by atoms with van der Waals surface area (Å²) in [5.41, 5.74) is 12.0. The highest BCUT2D eigenvalue weighted by molar-refractivity contribution is 5.18. The Morgan fingerprint density at radius 3 is 2.00 bits per heavy atom. The molecular formula is C6H12N2. The Balaban J connectivity index is 4.00. The van der Waals surface area contributed by atoms with Gasteiger partial charge in [0, 0.05) is 11.4 Å². The van der Waals surface area contributed by atoms with Crippen molar-refractivity contribution in [1.82, 2.24) is 0 Å². The maximum atomic E-state index is 5.39. The fourth-order valence-electron chi connectivity index (χ4n) is 0.311. The van der Waals surface area contributed by atoms with Crippen molar-refractivity contribution in [3.05, 3.63) is 23.5 Å². The van der Waals surface area contributed by atoms with Crippen molar-refractivity contribution in [1.29, 1.82) is 0 Å². The molecule has 0 saturated heterocycles. The lowest BCUT2D eigenvalue weighted by Gasteiger charge is -1.92. The van der Waals surface area contributed by atoms with Crippen LogP contribution in [0, 0.1) is 0 Å². The minimum absolute atomic E-state index is 0.646. The Morgan fingerprint density at radius 2 is 1.88 bits per heavy atom. The molecule has 8 heavy (non-hydrogen) atoms. The molecule has 0 aliphatic heterocycles. The van der Waals surface area contributed by atoms with Crippen LogP contribution in [-0.4, -0.2) is 0 Å². The van der Waals surface area contributed by atoms with Crippen molar-refractivity contribution in [2.45, 2.75) is 13.8 Å². The second kappa shape index (κ2) is 3.13. The summed E-state index contributed by atoms with van der Waals surface area (Å²) in [5.74, 6) is 0. The highest BCUT2D eigenvalue weighted by Gasteiger charge is 1.82. The number of allylic oxidation sites excluding steroid dienone is 3. The highest BCUT2D eigenvalue weighted by atomic mass is 14.7. The molecule has 0 radical (unpaired) electrons. The predicted octanol–water partition coefficient (Wildman–Crippen LogP) is 0.711. The first-order valence-electron chi connectivity index (χ1n) is 2.53. The van der Waals surface area contributed by atoms with Gasteiger partial charge in [-0.05, 0) is 19.9 Å². The number of hydrogen-bond donors (Lipinski definition) is 2. The minimum Gasteiger partial charge on any atom is -0.401 e. The summed E-state index contributed by atoms with van der Waals surface area (Å²) in [6, 6.07) is 0. The van der Waals surface area contributed by atoms with Crippen molar-refractivity contribution in [3.8, 4) is 0 Å². The van der Waals surface area contributed by atoms with Crippen molar-refractivity contribution in [3.63, 3.8) is 0 Å². The Kier molecular flexibility index (Phi) is 2.77. The zero-order valence-corrected chi connectivity index (χ0v) is 5.31. The first-order chi connectivity index (χ1) is 3.68. The zero-order valence-electron chi connectivity index (χ0n) is 5.31. The highest BCUT2D eigenvalue weighted by Crippen LogP contribution is 1.89. The van der Waals surface area contributed by atoms with E-state index in [-0.39, 0.29) is 0 Å². The van der Waals surface area contributed by atoms with Gasteiger partial charge in [0.2, 0.25) is 0 Å². The van der Waals surface area contributed by atoms with E-state index in [1.165, 1.54) is 0 Å². The molecule has 0 bridgehead atoms. The topological polar surface area (TPSA) is 52.0 Å². The molecule has 0 rings (SSSR count). The number of rotatable bonds is 1. The zero-order chi connectivity index (χ0) is 6.57. The molecule has 2 heteroatoms. The van der Waals surface area contributed by atoms with Crippen molar-refractivity contribution < 1.29 is 0 Å². The average Bonchev–Trinajstić information content (AvgIpc) is 1.67. The van der Waals surface area contributed by atoms with Gasteiger partial charge in [0.25, 0.3) is 0 Å². The van der Waals surface area contributed by atoms with E-state index >= 15 is 0 Å². The summed E-state index contributed by atoms with van der Waals surface area (Å²) in [5, 5.41) is 0. The van der Waals surface area contributed by atoms with Gasteiger partial charge in [0.1, 0.15) is 0 Å². The quantitative estimate of drug-likeness (QED) is 0.491. The summed E-state index contributed by atoms with van der Waals surface area (Å²) < 4.78 is 0. The number of nitrogens with two attached hydrogens (primary N) is 2. The summed E-state index contributed by atoms with van der Waals surface area (Å²) in [4.78, 5) is 0. The Labute approximate surface area is 49.9 Å². The van der Waals surface area contributed by atoms with Gasteiger partial charge in [-0.15, -0.1) is 0 Å². The third-order valence-electron chi connectivity index (χ3n) is 0.802. The van der Waals surface area contributed by atoms with E-state index in [0.717, 1.165) is 0 Å².